The van der Waals surface area contributed by atoms with Gasteiger partial charge in [0.2, 0.25) is 11.8 Å². The summed E-state index contributed by atoms with van der Waals surface area (Å²) in [5.41, 5.74) is 0.493. The Kier molecular flexibility index (Phi) is 5.16. The SMILES string of the molecule is C=CC(=O)N1CCC(C(=O)NCc2nc3ccccc3c(=O)n2C)CC1. The van der Waals surface area contributed by atoms with Crippen molar-refractivity contribution in [3.63, 3.8) is 0 Å². The summed E-state index contributed by atoms with van der Waals surface area (Å²) in [6.07, 6.45) is 2.54. The van der Waals surface area contributed by atoms with Crippen LogP contribution in [0.1, 0.15) is 18.7 Å². The maximum Gasteiger partial charge on any atom is 0.261 e. The Balaban J connectivity index is 1.64. The van der Waals surface area contributed by atoms with E-state index in [0.29, 0.717) is 42.7 Å². The van der Waals surface area contributed by atoms with Crippen molar-refractivity contribution >= 4 is 22.7 Å². The van der Waals surface area contributed by atoms with E-state index in [0.717, 1.165) is 0 Å². The minimum Gasteiger partial charge on any atom is -0.349 e. The lowest BCUT2D eigenvalue weighted by atomic mass is 9.96. The van der Waals surface area contributed by atoms with Crippen LogP contribution in [0.15, 0.2) is 41.7 Å². The largest absolute Gasteiger partial charge is 0.349 e. The van der Waals surface area contributed by atoms with E-state index in [1.807, 2.05) is 6.07 Å². The number of hydrogen-bond donors (Lipinski definition) is 1. The van der Waals surface area contributed by atoms with Crippen LogP contribution < -0.4 is 10.9 Å². The maximum absolute atomic E-state index is 12.4. The summed E-state index contributed by atoms with van der Waals surface area (Å²) < 4.78 is 1.47. The minimum absolute atomic E-state index is 0.0712. The topological polar surface area (TPSA) is 84.3 Å². The average molecular weight is 354 g/mol. The van der Waals surface area contributed by atoms with Crippen LogP contribution in [0.5, 0.6) is 0 Å². The van der Waals surface area contributed by atoms with Crippen molar-refractivity contribution in [2.75, 3.05) is 13.1 Å². The number of fused-ring (bicyclic) bond motifs is 1. The predicted molar refractivity (Wildman–Crippen MR) is 98.3 cm³/mol. The van der Waals surface area contributed by atoms with Crippen molar-refractivity contribution in [3.8, 4) is 0 Å². The zero-order chi connectivity index (χ0) is 18.7. The summed E-state index contributed by atoms with van der Waals surface area (Å²) in [6, 6.07) is 7.16. The number of para-hydroxylation sites is 1. The van der Waals surface area contributed by atoms with Crippen LogP contribution in [0, 0.1) is 5.92 Å². The van der Waals surface area contributed by atoms with Crippen LogP contribution in [0.4, 0.5) is 0 Å². The van der Waals surface area contributed by atoms with Gasteiger partial charge in [-0.15, -0.1) is 0 Å². The number of nitrogens with one attached hydrogen (secondary N) is 1. The van der Waals surface area contributed by atoms with Crippen molar-refractivity contribution in [2.24, 2.45) is 13.0 Å². The van der Waals surface area contributed by atoms with Gasteiger partial charge in [0.1, 0.15) is 5.82 Å². The third-order valence-corrected chi connectivity index (χ3v) is 4.85. The molecular weight excluding hydrogens is 332 g/mol. The molecule has 2 heterocycles. The number of likely N-dealkylation sites (tertiary alicyclic amines) is 1. The number of amides is 2. The Labute approximate surface area is 151 Å². The van der Waals surface area contributed by atoms with E-state index in [9.17, 15) is 14.4 Å². The summed E-state index contributed by atoms with van der Waals surface area (Å²) in [4.78, 5) is 42.6. The molecule has 136 valence electrons. The number of carbonyl (C=O) groups excluding carboxylic acids is 2. The van der Waals surface area contributed by atoms with E-state index in [1.165, 1.54) is 10.6 Å². The second-order valence-electron chi connectivity index (χ2n) is 6.43. The van der Waals surface area contributed by atoms with Gasteiger partial charge in [-0.25, -0.2) is 4.98 Å². The molecule has 1 aromatic heterocycles. The Hall–Kier alpha value is -2.96. The number of aromatic nitrogens is 2. The van der Waals surface area contributed by atoms with E-state index in [1.54, 1.807) is 30.1 Å². The molecule has 0 bridgehead atoms. The van der Waals surface area contributed by atoms with E-state index < -0.39 is 0 Å². The number of piperidine rings is 1. The van der Waals surface area contributed by atoms with Gasteiger partial charge in [0.15, 0.2) is 0 Å². The average Bonchev–Trinajstić information content (AvgIpc) is 2.69. The molecular formula is C19H22N4O3. The highest BCUT2D eigenvalue weighted by molar-refractivity contribution is 5.87. The summed E-state index contributed by atoms with van der Waals surface area (Å²) in [7, 11) is 1.66. The summed E-state index contributed by atoms with van der Waals surface area (Å²) in [6.45, 7) is 4.78. The lowest BCUT2D eigenvalue weighted by molar-refractivity contribution is -0.132. The van der Waals surface area contributed by atoms with Crippen LogP contribution >= 0.6 is 0 Å². The molecule has 7 heteroatoms. The number of carbonyl (C=O) groups is 2. The predicted octanol–water partition coefficient (Wildman–Crippen LogP) is 0.974. The Morgan fingerprint density at radius 2 is 2.00 bits per heavy atom. The van der Waals surface area contributed by atoms with Crippen molar-refractivity contribution in [1.29, 1.82) is 0 Å². The summed E-state index contributed by atoms with van der Waals surface area (Å²) >= 11 is 0. The molecule has 1 N–H and O–H groups in total. The zero-order valence-electron chi connectivity index (χ0n) is 14.8. The lowest BCUT2D eigenvalue weighted by Crippen LogP contribution is -2.42. The van der Waals surface area contributed by atoms with Crippen LogP contribution in [0.3, 0.4) is 0 Å². The van der Waals surface area contributed by atoms with Gasteiger partial charge < -0.3 is 10.2 Å². The van der Waals surface area contributed by atoms with Crippen LogP contribution in [0.2, 0.25) is 0 Å². The normalized spacial score (nSPS) is 15.0. The van der Waals surface area contributed by atoms with Crippen molar-refractivity contribution in [2.45, 2.75) is 19.4 Å². The molecule has 2 aromatic rings. The molecule has 1 aliphatic rings. The van der Waals surface area contributed by atoms with Gasteiger partial charge in [0, 0.05) is 26.1 Å². The lowest BCUT2D eigenvalue weighted by Gasteiger charge is -2.30. The highest BCUT2D eigenvalue weighted by atomic mass is 16.2. The van der Waals surface area contributed by atoms with Gasteiger partial charge in [0.25, 0.3) is 5.56 Å². The molecule has 0 unspecified atom stereocenters. The standard InChI is InChI=1S/C19H22N4O3/c1-3-17(24)23-10-8-13(9-11-23)18(25)20-12-16-21-15-7-5-4-6-14(15)19(26)22(16)2/h3-7,13H,1,8-12H2,2H3,(H,20,25). The fourth-order valence-electron chi connectivity index (χ4n) is 3.22. The molecule has 0 saturated carbocycles. The van der Waals surface area contributed by atoms with E-state index in [4.69, 9.17) is 0 Å². The monoisotopic (exact) mass is 354 g/mol. The molecule has 1 aromatic carbocycles. The minimum atomic E-state index is -0.138. The summed E-state index contributed by atoms with van der Waals surface area (Å²) in [5, 5.41) is 3.43. The molecule has 3 rings (SSSR count). The first-order chi connectivity index (χ1) is 12.5. The molecule has 0 radical (unpaired) electrons. The molecule has 2 amide bonds. The Morgan fingerprint density at radius 3 is 2.69 bits per heavy atom. The van der Waals surface area contributed by atoms with Gasteiger partial charge in [-0.2, -0.15) is 0 Å². The van der Waals surface area contributed by atoms with Gasteiger partial charge in [0.05, 0.1) is 17.4 Å². The fourth-order valence-corrected chi connectivity index (χ4v) is 3.22. The van der Waals surface area contributed by atoms with Gasteiger partial charge >= 0.3 is 0 Å². The number of benzene rings is 1. The van der Waals surface area contributed by atoms with E-state index in [-0.39, 0.29) is 29.8 Å². The van der Waals surface area contributed by atoms with Crippen LogP contribution in [-0.2, 0) is 23.2 Å². The first-order valence-electron chi connectivity index (χ1n) is 8.65. The van der Waals surface area contributed by atoms with Gasteiger partial charge in [-0.1, -0.05) is 18.7 Å². The molecule has 1 aliphatic heterocycles. The third kappa shape index (κ3) is 3.51. The van der Waals surface area contributed by atoms with Crippen molar-refractivity contribution < 1.29 is 9.59 Å². The smallest absolute Gasteiger partial charge is 0.261 e. The Morgan fingerprint density at radius 1 is 1.31 bits per heavy atom. The Bertz CT molecular complexity index is 911. The molecule has 0 atom stereocenters. The van der Waals surface area contributed by atoms with Crippen molar-refractivity contribution in [1.82, 2.24) is 19.8 Å². The number of rotatable bonds is 4. The van der Waals surface area contributed by atoms with E-state index >= 15 is 0 Å². The first-order valence-corrected chi connectivity index (χ1v) is 8.65. The molecule has 0 aliphatic carbocycles. The second-order valence-corrected chi connectivity index (χ2v) is 6.43. The van der Waals surface area contributed by atoms with Crippen LogP contribution in [0.25, 0.3) is 10.9 Å². The zero-order valence-corrected chi connectivity index (χ0v) is 14.8. The highest BCUT2D eigenvalue weighted by Crippen LogP contribution is 2.17. The van der Waals surface area contributed by atoms with Crippen molar-refractivity contribution in [3.05, 3.63) is 53.1 Å². The van der Waals surface area contributed by atoms with Gasteiger partial charge in [-0.05, 0) is 31.1 Å². The molecule has 0 spiro atoms. The maximum atomic E-state index is 12.4. The molecule has 26 heavy (non-hydrogen) atoms. The number of nitrogens with zero attached hydrogens (tertiary/aromatic N) is 3. The second kappa shape index (κ2) is 7.51. The third-order valence-electron chi connectivity index (χ3n) is 4.85. The van der Waals surface area contributed by atoms with E-state index in [2.05, 4.69) is 16.9 Å². The molecule has 1 fully saturated rings. The molecule has 7 nitrogen and oxygen atoms in total. The highest BCUT2D eigenvalue weighted by Gasteiger charge is 2.26. The fraction of sp³-hybridized carbons (Fsp3) is 0.368. The van der Waals surface area contributed by atoms with Crippen LogP contribution in [-0.4, -0.2) is 39.4 Å². The quantitative estimate of drug-likeness (QED) is 0.830. The molecule has 1 saturated heterocycles. The van der Waals surface area contributed by atoms with Gasteiger partial charge in [-0.3, -0.25) is 19.0 Å². The number of hydrogen-bond acceptors (Lipinski definition) is 4. The first kappa shape index (κ1) is 17.8. The summed E-state index contributed by atoms with van der Waals surface area (Å²) in [5.74, 6) is 0.208.